The minimum Gasteiger partial charge on any atom is -0.396 e. The Bertz CT molecular complexity index is 187. The lowest BCUT2D eigenvalue weighted by atomic mass is 9.61. The number of hydrogen-bond acceptors (Lipinski definition) is 2. The van der Waals surface area contributed by atoms with Crippen molar-refractivity contribution in [2.75, 3.05) is 13.2 Å². The Kier molecular flexibility index (Phi) is 4.60. The average molecular weight is 213 g/mol. The molecule has 0 radical (unpaired) electrons. The van der Waals surface area contributed by atoms with Crippen molar-refractivity contribution in [3.63, 3.8) is 0 Å². The molecule has 0 bridgehead atoms. The first-order valence-electron chi connectivity index (χ1n) is 6.44. The van der Waals surface area contributed by atoms with Gasteiger partial charge in [0.25, 0.3) is 0 Å². The van der Waals surface area contributed by atoms with Gasteiger partial charge in [0.15, 0.2) is 0 Å². The van der Waals surface area contributed by atoms with Crippen LogP contribution in [0.2, 0.25) is 0 Å². The van der Waals surface area contributed by atoms with E-state index in [2.05, 4.69) is 26.1 Å². The molecule has 2 N–H and O–H groups in total. The highest BCUT2D eigenvalue weighted by Gasteiger charge is 2.45. The molecule has 2 heteroatoms. The summed E-state index contributed by atoms with van der Waals surface area (Å²) < 4.78 is 0. The van der Waals surface area contributed by atoms with E-state index in [-0.39, 0.29) is 5.54 Å². The summed E-state index contributed by atoms with van der Waals surface area (Å²) in [7, 11) is 0. The maximum absolute atomic E-state index is 9.28. The highest BCUT2D eigenvalue weighted by atomic mass is 16.3. The molecule has 1 aliphatic carbocycles. The van der Waals surface area contributed by atoms with Gasteiger partial charge in [0, 0.05) is 12.1 Å². The predicted octanol–water partition coefficient (Wildman–Crippen LogP) is 2.71. The van der Waals surface area contributed by atoms with Crippen LogP contribution < -0.4 is 5.32 Å². The van der Waals surface area contributed by atoms with Crippen molar-refractivity contribution in [1.82, 2.24) is 5.32 Å². The highest BCUT2D eigenvalue weighted by molar-refractivity contribution is 5.02. The lowest BCUT2D eigenvalue weighted by Crippen LogP contribution is -2.58. The maximum Gasteiger partial charge on any atom is 0.0448 e. The zero-order valence-electron chi connectivity index (χ0n) is 10.6. The lowest BCUT2D eigenvalue weighted by Gasteiger charge is -2.51. The summed E-state index contributed by atoms with van der Waals surface area (Å²) in [6.07, 6.45) is 7.22. The smallest absolute Gasteiger partial charge is 0.0448 e. The molecule has 1 aliphatic rings. The van der Waals surface area contributed by atoms with Crippen LogP contribution in [0.1, 0.15) is 59.3 Å². The summed E-state index contributed by atoms with van der Waals surface area (Å²) >= 11 is 0. The fraction of sp³-hybridized carbons (Fsp3) is 1.00. The van der Waals surface area contributed by atoms with Crippen LogP contribution in [0.5, 0.6) is 0 Å². The van der Waals surface area contributed by atoms with Crippen LogP contribution in [0, 0.1) is 5.41 Å². The number of nitrogens with one attached hydrogen (secondary N) is 1. The van der Waals surface area contributed by atoms with E-state index in [0.717, 1.165) is 13.0 Å². The Balaban J connectivity index is 2.75. The van der Waals surface area contributed by atoms with Crippen molar-refractivity contribution in [3.8, 4) is 0 Å². The summed E-state index contributed by atoms with van der Waals surface area (Å²) in [5, 5.41) is 13.0. The second kappa shape index (κ2) is 5.31. The fourth-order valence-electron chi connectivity index (χ4n) is 3.01. The Labute approximate surface area is 94.5 Å². The van der Waals surface area contributed by atoms with E-state index in [1.807, 2.05) is 0 Å². The molecule has 0 aliphatic heterocycles. The van der Waals surface area contributed by atoms with Crippen molar-refractivity contribution in [3.05, 3.63) is 0 Å². The highest BCUT2D eigenvalue weighted by Crippen LogP contribution is 2.45. The zero-order valence-corrected chi connectivity index (χ0v) is 10.6. The molecule has 2 nitrogen and oxygen atoms in total. The van der Waals surface area contributed by atoms with E-state index >= 15 is 0 Å². The molecule has 90 valence electrons. The predicted molar refractivity (Wildman–Crippen MR) is 65.0 cm³/mol. The van der Waals surface area contributed by atoms with Crippen molar-refractivity contribution in [2.24, 2.45) is 5.41 Å². The topological polar surface area (TPSA) is 32.3 Å². The number of hydrogen-bond donors (Lipinski definition) is 2. The second-order valence-corrected chi connectivity index (χ2v) is 5.57. The largest absolute Gasteiger partial charge is 0.396 e. The first-order chi connectivity index (χ1) is 7.08. The van der Waals surface area contributed by atoms with Crippen LogP contribution in [0.4, 0.5) is 0 Å². The molecule has 0 aromatic carbocycles. The van der Waals surface area contributed by atoms with Gasteiger partial charge in [-0.15, -0.1) is 0 Å². The van der Waals surface area contributed by atoms with E-state index in [9.17, 15) is 5.11 Å². The molecule has 0 heterocycles. The minimum absolute atomic E-state index is 0.177. The van der Waals surface area contributed by atoms with Crippen molar-refractivity contribution >= 4 is 0 Å². The Morgan fingerprint density at radius 2 is 1.87 bits per heavy atom. The zero-order chi connectivity index (χ0) is 11.4. The number of aliphatic hydroxyl groups is 1. The Morgan fingerprint density at radius 3 is 2.40 bits per heavy atom. The molecule has 15 heavy (non-hydrogen) atoms. The molecule has 0 saturated heterocycles. The molecule has 0 spiro atoms. The number of aliphatic hydroxyl groups excluding tert-OH is 1. The lowest BCUT2D eigenvalue weighted by molar-refractivity contribution is 0.0386. The van der Waals surface area contributed by atoms with Crippen molar-refractivity contribution in [2.45, 2.75) is 64.8 Å². The summed E-state index contributed by atoms with van der Waals surface area (Å²) in [5.41, 5.74) is 0.499. The van der Waals surface area contributed by atoms with E-state index in [1.54, 1.807) is 0 Å². The van der Waals surface area contributed by atoms with E-state index in [1.165, 1.54) is 32.1 Å². The van der Waals surface area contributed by atoms with Crippen LogP contribution >= 0.6 is 0 Å². The molecular formula is C13H27NO. The quantitative estimate of drug-likeness (QED) is 0.736. The normalized spacial score (nSPS) is 30.4. The third-order valence-electron chi connectivity index (χ3n) is 4.20. The second-order valence-electron chi connectivity index (χ2n) is 5.57. The van der Waals surface area contributed by atoms with Crippen molar-refractivity contribution < 1.29 is 5.11 Å². The molecule has 0 aromatic heterocycles. The van der Waals surface area contributed by atoms with E-state index < -0.39 is 0 Å². The molecule has 1 saturated carbocycles. The van der Waals surface area contributed by atoms with E-state index in [4.69, 9.17) is 0 Å². The average Bonchev–Trinajstić information content (AvgIpc) is 2.19. The van der Waals surface area contributed by atoms with Gasteiger partial charge in [-0.3, -0.25) is 0 Å². The Hall–Kier alpha value is -0.0800. The molecule has 1 fully saturated rings. The van der Waals surface area contributed by atoms with Crippen LogP contribution in [-0.2, 0) is 0 Å². The first kappa shape index (κ1) is 13.0. The van der Waals surface area contributed by atoms with Gasteiger partial charge >= 0.3 is 0 Å². The fourth-order valence-corrected chi connectivity index (χ4v) is 3.01. The summed E-state index contributed by atoms with van der Waals surface area (Å²) in [6.45, 7) is 8.29. The summed E-state index contributed by atoms with van der Waals surface area (Å²) in [6, 6.07) is 0. The van der Waals surface area contributed by atoms with Gasteiger partial charge in [0.1, 0.15) is 0 Å². The summed E-state index contributed by atoms with van der Waals surface area (Å²) in [5.74, 6) is 0. The molecule has 0 aromatic rings. The molecule has 1 rings (SSSR count). The first-order valence-corrected chi connectivity index (χ1v) is 6.44. The Morgan fingerprint density at radius 1 is 1.20 bits per heavy atom. The van der Waals surface area contributed by atoms with Gasteiger partial charge in [0.05, 0.1) is 0 Å². The van der Waals surface area contributed by atoms with Gasteiger partial charge in [0.2, 0.25) is 0 Å². The van der Waals surface area contributed by atoms with Crippen LogP contribution in [0.25, 0.3) is 0 Å². The van der Waals surface area contributed by atoms with Crippen LogP contribution in [0.15, 0.2) is 0 Å². The molecule has 1 unspecified atom stereocenters. The molecule has 1 atom stereocenters. The number of rotatable bonds is 5. The maximum atomic E-state index is 9.28. The molecule has 0 amide bonds. The summed E-state index contributed by atoms with van der Waals surface area (Å²) in [4.78, 5) is 0. The monoisotopic (exact) mass is 213 g/mol. The van der Waals surface area contributed by atoms with Gasteiger partial charge in [-0.1, -0.05) is 33.6 Å². The third kappa shape index (κ3) is 2.73. The van der Waals surface area contributed by atoms with Gasteiger partial charge in [-0.05, 0) is 37.6 Å². The third-order valence-corrected chi connectivity index (χ3v) is 4.20. The van der Waals surface area contributed by atoms with Crippen LogP contribution in [0.3, 0.4) is 0 Å². The van der Waals surface area contributed by atoms with Gasteiger partial charge in [-0.25, -0.2) is 0 Å². The van der Waals surface area contributed by atoms with Gasteiger partial charge < -0.3 is 10.4 Å². The van der Waals surface area contributed by atoms with Gasteiger partial charge in [-0.2, -0.15) is 0 Å². The minimum atomic E-state index is 0.177. The van der Waals surface area contributed by atoms with Crippen molar-refractivity contribution in [1.29, 1.82) is 0 Å². The standard InChI is InChI=1S/C13H27NO/c1-4-10-14-13(9-11-15)8-6-5-7-12(13,2)3/h14-15H,4-11H2,1-3H3. The van der Waals surface area contributed by atoms with E-state index in [0.29, 0.717) is 12.0 Å². The SMILES string of the molecule is CCCNC1(CCO)CCCCC1(C)C. The molecular weight excluding hydrogens is 186 g/mol. The van der Waals surface area contributed by atoms with Crippen LogP contribution in [-0.4, -0.2) is 23.8 Å².